The van der Waals surface area contributed by atoms with Crippen LogP contribution in [0.15, 0.2) is 18.2 Å². The van der Waals surface area contributed by atoms with Gasteiger partial charge in [0, 0.05) is 31.2 Å². The summed E-state index contributed by atoms with van der Waals surface area (Å²) < 4.78 is 0. The van der Waals surface area contributed by atoms with Gasteiger partial charge in [-0.25, -0.2) is 0 Å². The van der Waals surface area contributed by atoms with E-state index in [0.29, 0.717) is 5.75 Å². The van der Waals surface area contributed by atoms with Crippen molar-refractivity contribution in [1.82, 2.24) is 9.80 Å². The van der Waals surface area contributed by atoms with E-state index >= 15 is 0 Å². The summed E-state index contributed by atoms with van der Waals surface area (Å²) in [6.45, 7) is 8.73. The van der Waals surface area contributed by atoms with Crippen molar-refractivity contribution in [2.75, 3.05) is 33.2 Å². The molecule has 1 fully saturated rings. The minimum Gasteiger partial charge on any atom is -0.508 e. The molecule has 1 aliphatic heterocycles. The van der Waals surface area contributed by atoms with E-state index in [9.17, 15) is 5.11 Å². The largest absolute Gasteiger partial charge is 0.508 e. The van der Waals surface area contributed by atoms with Crippen LogP contribution in [-0.4, -0.2) is 48.1 Å². The molecule has 1 saturated heterocycles. The van der Waals surface area contributed by atoms with Crippen molar-refractivity contribution in [3.05, 3.63) is 29.3 Å². The molecule has 18 heavy (non-hydrogen) atoms. The predicted molar refractivity (Wildman–Crippen MR) is 74.9 cm³/mol. The van der Waals surface area contributed by atoms with Gasteiger partial charge in [-0.05, 0) is 39.9 Å². The highest BCUT2D eigenvalue weighted by Crippen LogP contribution is 2.29. The van der Waals surface area contributed by atoms with Gasteiger partial charge in [0.25, 0.3) is 0 Å². The Morgan fingerprint density at radius 3 is 2.72 bits per heavy atom. The maximum absolute atomic E-state index is 10.0. The summed E-state index contributed by atoms with van der Waals surface area (Å²) >= 11 is 0. The lowest BCUT2D eigenvalue weighted by atomic mass is 10.0. The summed E-state index contributed by atoms with van der Waals surface area (Å²) in [6, 6.07) is 6.16. The second-order valence-corrected chi connectivity index (χ2v) is 5.43. The molecule has 1 atom stereocenters. The summed E-state index contributed by atoms with van der Waals surface area (Å²) in [4.78, 5) is 4.85. The molecule has 0 bridgehead atoms. The number of likely N-dealkylation sites (N-methyl/N-ethyl adjacent to an activating group) is 1. The average Bonchev–Trinajstić information content (AvgIpc) is 2.56. The molecule has 1 aliphatic rings. The minimum absolute atomic E-state index is 0.288. The predicted octanol–water partition coefficient (Wildman–Crippen LogP) is 2.40. The maximum atomic E-state index is 10.0. The van der Waals surface area contributed by atoms with Crippen LogP contribution in [0, 0.1) is 6.92 Å². The normalized spacial score (nSPS) is 20.6. The molecule has 2 rings (SSSR count). The van der Waals surface area contributed by atoms with Gasteiger partial charge in [-0.3, -0.25) is 4.90 Å². The molecule has 1 heterocycles. The number of aryl methyl sites for hydroxylation is 1. The van der Waals surface area contributed by atoms with Gasteiger partial charge >= 0.3 is 0 Å². The first-order valence-corrected chi connectivity index (χ1v) is 6.80. The molecular weight excluding hydrogens is 224 g/mol. The van der Waals surface area contributed by atoms with Crippen molar-refractivity contribution in [3.8, 4) is 5.75 Å². The van der Waals surface area contributed by atoms with Crippen molar-refractivity contribution in [2.24, 2.45) is 0 Å². The molecule has 3 heteroatoms. The summed E-state index contributed by atoms with van der Waals surface area (Å²) in [7, 11) is 2.18. The Hall–Kier alpha value is -1.06. The topological polar surface area (TPSA) is 26.7 Å². The molecule has 100 valence electrons. The molecule has 0 radical (unpaired) electrons. The highest BCUT2D eigenvalue weighted by Gasteiger charge is 2.20. The number of aromatic hydroxyl groups is 1. The smallest absolute Gasteiger partial charge is 0.120 e. The third kappa shape index (κ3) is 3.03. The molecule has 1 N–H and O–H groups in total. The monoisotopic (exact) mass is 248 g/mol. The first kappa shape index (κ1) is 13.4. The fourth-order valence-corrected chi connectivity index (χ4v) is 2.66. The number of nitrogens with zero attached hydrogens (tertiary/aromatic N) is 2. The number of phenolic OH excluding ortho intramolecular Hbond substituents is 1. The Morgan fingerprint density at radius 2 is 1.94 bits per heavy atom. The number of hydrogen-bond acceptors (Lipinski definition) is 3. The highest BCUT2D eigenvalue weighted by atomic mass is 16.3. The van der Waals surface area contributed by atoms with Crippen LogP contribution < -0.4 is 0 Å². The van der Waals surface area contributed by atoms with E-state index in [0.717, 1.165) is 25.2 Å². The van der Waals surface area contributed by atoms with Crippen molar-refractivity contribution in [2.45, 2.75) is 26.3 Å². The Balaban J connectivity index is 2.14. The Morgan fingerprint density at radius 1 is 1.17 bits per heavy atom. The van der Waals surface area contributed by atoms with Gasteiger partial charge in [-0.15, -0.1) is 0 Å². The van der Waals surface area contributed by atoms with Gasteiger partial charge in [0.15, 0.2) is 0 Å². The summed E-state index contributed by atoms with van der Waals surface area (Å²) in [5.74, 6) is 0.422. The second-order valence-electron chi connectivity index (χ2n) is 5.43. The van der Waals surface area contributed by atoms with Crippen LogP contribution >= 0.6 is 0 Å². The lowest BCUT2D eigenvalue weighted by Crippen LogP contribution is -2.31. The highest BCUT2D eigenvalue weighted by molar-refractivity contribution is 5.37. The lowest BCUT2D eigenvalue weighted by Gasteiger charge is -2.28. The van der Waals surface area contributed by atoms with Gasteiger partial charge < -0.3 is 10.0 Å². The molecule has 0 spiro atoms. The Labute approximate surface area is 110 Å². The SMILES string of the molecule is Cc1ccc(O)c(C(C)N2CCCN(C)CC2)c1. The number of rotatable bonds is 2. The van der Waals surface area contributed by atoms with E-state index in [-0.39, 0.29) is 6.04 Å². The van der Waals surface area contributed by atoms with Crippen LogP contribution in [0.1, 0.15) is 30.5 Å². The Bertz CT molecular complexity index is 405. The summed E-state index contributed by atoms with van der Waals surface area (Å²) in [6.07, 6.45) is 1.20. The third-order valence-corrected chi connectivity index (χ3v) is 3.93. The van der Waals surface area contributed by atoms with E-state index < -0.39 is 0 Å². The Kier molecular flexibility index (Phi) is 4.25. The van der Waals surface area contributed by atoms with Crippen LogP contribution in [0.3, 0.4) is 0 Å². The lowest BCUT2D eigenvalue weighted by molar-refractivity contribution is 0.213. The van der Waals surface area contributed by atoms with Crippen molar-refractivity contribution >= 4 is 0 Å². The molecule has 1 aromatic rings. The molecule has 0 aliphatic carbocycles. The van der Waals surface area contributed by atoms with E-state index in [4.69, 9.17) is 0 Å². The van der Waals surface area contributed by atoms with E-state index in [1.165, 1.54) is 18.5 Å². The third-order valence-electron chi connectivity index (χ3n) is 3.93. The summed E-state index contributed by atoms with van der Waals surface area (Å²) in [5.41, 5.74) is 2.26. The molecule has 1 unspecified atom stereocenters. The molecule has 1 aromatic carbocycles. The molecule has 0 amide bonds. The zero-order valence-electron chi connectivity index (χ0n) is 11.7. The fourth-order valence-electron chi connectivity index (χ4n) is 2.66. The maximum Gasteiger partial charge on any atom is 0.120 e. The van der Waals surface area contributed by atoms with Gasteiger partial charge in [0.2, 0.25) is 0 Å². The van der Waals surface area contributed by atoms with Gasteiger partial charge in [-0.1, -0.05) is 17.7 Å². The number of hydrogen-bond donors (Lipinski definition) is 1. The first-order valence-electron chi connectivity index (χ1n) is 6.80. The number of phenols is 1. The quantitative estimate of drug-likeness (QED) is 0.870. The average molecular weight is 248 g/mol. The van der Waals surface area contributed by atoms with E-state index in [1.54, 1.807) is 0 Å². The van der Waals surface area contributed by atoms with Crippen molar-refractivity contribution in [3.63, 3.8) is 0 Å². The van der Waals surface area contributed by atoms with Crippen LogP contribution in [0.5, 0.6) is 5.75 Å². The number of benzene rings is 1. The van der Waals surface area contributed by atoms with Crippen LogP contribution in [0.4, 0.5) is 0 Å². The van der Waals surface area contributed by atoms with Gasteiger partial charge in [0.05, 0.1) is 0 Å². The zero-order valence-corrected chi connectivity index (χ0v) is 11.7. The second kappa shape index (κ2) is 5.72. The van der Waals surface area contributed by atoms with Crippen molar-refractivity contribution < 1.29 is 5.11 Å². The standard InChI is InChI=1S/C15H24N2O/c1-12-5-6-15(18)14(11-12)13(2)17-8-4-7-16(3)9-10-17/h5-6,11,13,18H,4,7-10H2,1-3H3. The minimum atomic E-state index is 0.288. The van der Waals surface area contributed by atoms with Crippen molar-refractivity contribution in [1.29, 1.82) is 0 Å². The first-order chi connectivity index (χ1) is 8.58. The van der Waals surface area contributed by atoms with E-state index in [2.05, 4.69) is 36.8 Å². The summed E-state index contributed by atoms with van der Waals surface area (Å²) in [5, 5.41) is 10.0. The van der Waals surface area contributed by atoms with E-state index in [1.807, 2.05) is 12.1 Å². The zero-order chi connectivity index (χ0) is 13.1. The fraction of sp³-hybridized carbons (Fsp3) is 0.600. The molecule has 0 aromatic heterocycles. The van der Waals surface area contributed by atoms with Gasteiger partial charge in [0.1, 0.15) is 5.75 Å². The van der Waals surface area contributed by atoms with Crippen LogP contribution in [-0.2, 0) is 0 Å². The van der Waals surface area contributed by atoms with Gasteiger partial charge in [-0.2, -0.15) is 0 Å². The van der Waals surface area contributed by atoms with Crippen LogP contribution in [0.25, 0.3) is 0 Å². The van der Waals surface area contributed by atoms with Crippen LogP contribution in [0.2, 0.25) is 0 Å². The molecular formula is C15H24N2O. The molecule has 0 saturated carbocycles. The molecule has 3 nitrogen and oxygen atoms in total.